The van der Waals surface area contributed by atoms with Crippen molar-refractivity contribution in [2.45, 2.75) is 42.7 Å². The fourth-order valence-electron chi connectivity index (χ4n) is 3.64. The Labute approximate surface area is 204 Å². The Balaban J connectivity index is 1.53. The van der Waals surface area contributed by atoms with Crippen LogP contribution in [0.3, 0.4) is 0 Å². The number of hydrogen-bond donors (Lipinski definition) is 1. The molecule has 6 nitrogen and oxygen atoms in total. The molecule has 0 spiro atoms. The number of benzene rings is 2. The van der Waals surface area contributed by atoms with Crippen molar-refractivity contribution in [2.75, 3.05) is 4.72 Å². The fraction of sp³-hybridized carbons (Fsp3) is 0.231. The Bertz CT molecular complexity index is 1480. The summed E-state index contributed by atoms with van der Waals surface area (Å²) in [6.45, 7) is 6.21. The number of fused-ring (bicyclic) bond motifs is 1. The zero-order chi connectivity index (χ0) is 24.3. The number of rotatable bonds is 8. The van der Waals surface area contributed by atoms with E-state index in [2.05, 4.69) is 23.6 Å². The van der Waals surface area contributed by atoms with Gasteiger partial charge in [-0.3, -0.25) is 13.9 Å². The van der Waals surface area contributed by atoms with E-state index in [0.717, 1.165) is 22.4 Å². The molecule has 0 radical (unpaired) electrons. The zero-order valence-corrected chi connectivity index (χ0v) is 21.0. The Morgan fingerprint density at radius 1 is 1.03 bits per heavy atom. The van der Waals surface area contributed by atoms with Gasteiger partial charge >= 0.3 is 0 Å². The lowest BCUT2D eigenvalue weighted by Crippen LogP contribution is -2.15. The van der Waals surface area contributed by atoms with E-state index < -0.39 is 10.0 Å². The molecule has 2 heterocycles. The Morgan fingerprint density at radius 3 is 2.50 bits per heavy atom. The van der Waals surface area contributed by atoms with Crippen molar-refractivity contribution in [3.05, 3.63) is 100 Å². The van der Waals surface area contributed by atoms with Gasteiger partial charge in [0.1, 0.15) is 5.65 Å². The first-order valence-corrected chi connectivity index (χ1v) is 13.5. The van der Waals surface area contributed by atoms with E-state index >= 15 is 0 Å². The molecule has 176 valence electrons. The van der Waals surface area contributed by atoms with Crippen LogP contribution < -0.4 is 10.3 Å². The molecule has 0 bridgehead atoms. The van der Waals surface area contributed by atoms with Gasteiger partial charge in [-0.25, -0.2) is 13.4 Å². The summed E-state index contributed by atoms with van der Waals surface area (Å²) in [5.74, 6) is 0.935. The van der Waals surface area contributed by atoms with Crippen LogP contribution in [0.5, 0.6) is 0 Å². The van der Waals surface area contributed by atoms with Crippen molar-refractivity contribution in [3.8, 4) is 0 Å². The molecule has 0 saturated carbocycles. The predicted molar refractivity (Wildman–Crippen MR) is 138 cm³/mol. The first kappa shape index (κ1) is 24.0. The van der Waals surface area contributed by atoms with Crippen LogP contribution >= 0.6 is 11.8 Å². The van der Waals surface area contributed by atoms with Crippen LogP contribution in [-0.2, 0) is 22.2 Å². The van der Waals surface area contributed by atoms with E-state index in [0.29, 0.717) is 28.7 Å². The van der Waals surface area contributed by atoms with Crippen LogP contribution in [0.15, 0.2) is 87.5 Å². The smallest absolute Gasteiger partial charge is 0.261 e. The number of thioether (sulfide) groups is 1. The number of aromatic nitrogens is 2. The fourth-order valence-corrected chi connectivity index (χ4v) is 5.68. The van der Waals surface area contributed by atoms with Crippen molar-refractivity contribution >= 4 is 33.1 Å². The van der Waals surface area contributed by atoms with E-state index in [4.69, 9.17) is 0 Å². The molecule has 0 aliphatic heterocycles. The van der Waals surface area contributed by atoms with Crippen molar-refractivity contribution in [3.63, 3.8) is 0 Å². The van der Waals surface area contributed by atoms with E-state index in [1.165, 1.54) is 22.2 Å². The van der Waals surface area contributed by atoms with Gasteiger partial charge in [0, 0.05) is 22.9 Å². The van der Waals surface area contributed by atoms with Gasteiger partial charge in [-0.1, -0.05) is 38.1 Å². The Hall–Kier alpha value is -3.10. The van der Waals surface area contributed by atoms with Crippen LogP contribution in [0.2, 0.25) is 0 Å². The molecule has 0 aliphatic carbocycles. The highest BCUT2D eigenvalue weighted by Crippen LogP contribution is 2.31. The van der Waals surface area contributed by atoms with Gasteiger partial charge in [-0.05, 0) is 66.8 Å². The van der Waals surface area contributed by atoms with Crippen molar-refractivity contribution in [1.82, 2.24) is 9.38 Å². The predicted octanol–water partition coefficient (Wildman–Crippen LogP) is 5.29. The molecule has 0 unspecified atom stereocenters. The lowest BCUT2D eigenvalue weighted by atomic mass is 10.0. The van der Waals surface area contributed by atoms with Crippen LogP contribution in [0.4, 0.5) is 5.69 Å². The number of aryl methyl sites for hydroxylation is 1. The number of anilines is 1. The molecule has 0 fully saturated rings. The summed E-state index contributed by atoms with van der Waals surface area (Å²) in [6.07, 6.45) is 2.62. The number of hydrogen-bond acceptors (Lipinski definition) is 5. The Kier molecular flexibility index (Phi) is 7.09. The highest BCUT2D eigenvalue weighted by molar-refractivity contribution is 7.98. The van der Waals surface area contributed by atoms with Crippen molar-refractivity contribution < 1.29 is 8.42 Å². The summed E-state index contributed by atoms with van der Waals surface area (Å²) in [7, 11) is -3.74. The number of sulfonamides is 1. The molecule has 4 rings (SSSR count). The molecule has 0 aliphatic rings. The second kappa shape index (κ2) is 10.0. The first-order chi connectivity index (χ1) is 16.2. The van der Waals surface area contributed by atoms with Crippen LogP contribution in [0.25, 0.3) is 5.65 Å². The Morgan fingerprint density at radius 2 is 1.76 bits per heavy atom. The highest BCUT2D eigenvalue weighted by Gasteiger charge is 2.16. The third kappa shape index (κ3) is 5.69. The lowest BCUT2D eigenvalue weighted by Gasteiger charge is -2.13. The van der Waals surface area contributed by atoms with Gasteiger partial charge in [0.05, 0.1) is 16.3 Å². The van der Waals surface area contributed by atoms with E-state index in [-0.39, 0.29) is 10.5 Å². The number of nitrogens with zero attached hydrogens (tertiary/aromatic N) is 2. The standard InChI is InChI=1S/C26H27N3O3S2/c1-18(2)14-20-8-10-22(11-9-20)34(31,32)28-23-6-4-5-7-24(23)33-17-21-16-26(30)29-13-12-19(3)15-25(29)27-21/h4-13,15-16,18,28H,14,17H2,1-3H3. The maximum atomic E-state index is 13.0. The van der Waals surface area contributed by atoms with Crippen molar-refractivity contribution in [1.29, 1.82) is 0 Å². The van der Waals surface area contributed by atoms with Gasteiger partial charge in [-0.15, -0.1) is 11.8 Å². The quantitative estimate of drug-likeness (QED) is 0.337. The summed E-state index contributed by atoms with van der Waals surface area (Å²) in [5, 5.41) is 0. The SMILES string of the molecule is Cc1ccn2c(=O)cc(CSc3ccccc3NS(=O)(=O)c3ccc(CC(C)C)cc3)nc2c1. The summed E-state index contributed by atoms with van der Waals surface area (Å²) in [4.78, 5) is 18.0. The monoisotopic (exact) mass is 493 g/mol. The third-order valence-corrected chi connectivity index (χ3v) is 7.75. The number of para-hydroxylation sites is 1. The topological polar surface area (TPSA) is 80.5 Å². The van der Waals surface area contributed by atoms with E-state index in [1.807, 2.05) is 43.3 Å². The second-order valence-corrected chi connectivity index (χ2v) is 11.3. The zero-order valence-electron chi connectivity index (χ0n) is 19.4. The maximum absolute atomic E-state index is 13.0. The molecule has 4 aromatic rings. The molecule has 34 heavy (non-hydrogen) atoms. The third-order valence-electron chi connectivity index (χ3n) is 5.26. The molecular formula is C26H27N3O3S2. The van der Waals surface area contributed by atoms with Crippen LogP contribution in [0, 0.1) is 12.8 Å². The minimum atomic E-state index is -3.74. The van der Waals surface area contributed by atoms with Crippen LogP contribution in [-0.4, -0.2) is 17.8 Å². The van der Waals surface area contributed by atoms with Gasteiger partial charge < -0.3 is 0 Å². The molecule has 2 aromatic carbocycles. The summed E-state index contributed by atoms with van der Waals surface area (Å²) >= 11 is 1.43. The summed E-state index contributed by atoms with van der Waals surface area (Å²) in [6, 6.07) is 19.5. The molecule has 0 saturated heterocycles. The molecular weight excluding hydrogens is 466 g/mol. The van der Waals surface area contributed by atoms with Crippen molar-refractivity contribution in [2.24, 2.45) is 5.92 Å². The highest BCUT2D eigenvalue weighted by atomic mass is 32.2. The molecule has 2 aromatic heterocycles. The van der Waals surface area contributed by atoms with Gasteiger partial charge in [0.25, 0.3) is 15.6 Å². The molecule has 1 N–H and O–H groups in total. The second-order valence-electron chi connectivity index (χ2n) is 8.65. The maximum Gasteiger partial charge on any atom is 0.261 e. The first-order valence-electron chi connectivity index (χ1n) is 11.0. The molecule has 0 amide bonds. The minimum absolute atomic E-state index is 0.143. The summed E-state index contributed by atoms with van der Waals surface area (Å²) in [5.41, 5.74) is 3.72. The average Bonchev–Trinajstić information content (AvgIpc) is 2.78. The molecule has 8 heteroatoms. The largest absolute Gasteiger partial charge is 0.278 e. The summed E-state index contributed by atoms with van der Waals surface area (Å²) < 4.78 is 30.2. The van der Waals surface area contributed by atoms with E-state index in [9.17, 15) is 13.2 Å². The normalized spacial score (nSPS) is 11.8. The average molecular weight is 494 g/mol. The van der Waals surface area contributed by atoms with Gasteiger partial charge in [0.15, 0.2) is 0 Å². The molecule has 0 atom stereocenters. The lowest BCUT2D eigenvalue weighted by molar-refractivity contribution is 0.601. The number of pyridine rings is 1. The van der Waals surface area contributed by atoms with Gasteiger partial charge in [0.2, 0.25) is 0 Å². The minimum Gasteiger partial charge on any atom is -0.278 e. The van der Waals surface area contributed by atoms with E-state index in [1.54, 1.807) is 30.5 Å². The van der Waals surface area contributed by atoms with Crippen LogP contribution in [0.1, 0.15) is 30.7 Å². The van der Waals surface area contributed by atoms with Gasteiger partial charge in [-0.2, -0.15) is 0 Å². The number of nitrogens with one attached hydrogen (secondary N) is 1.